The molecule has 0 aliphatic heterocycles. The van der Waals surface area contributed by atoms with Gasteiger partial charge in [-0.1, -0.05) is 12.1 Å². The third kappa shape index (κ3) is 3.82. The van der Waals surface area contributed by atoms with Crippen LogP contribution in [0.15, 0.2) is 40.8 Å². The Morgan fingerprint density at radius 2 is 2.14 bits per heavy atom. The molecule has 0 aliphatic carbocycles. The van der Waals surface area contributed by atoms with Gasteiger partial charge in [0.1, 0.15) is 10.7 Å². The number of carbonyl (C=O) groups excluding carboxylic acids is 1. The smallest absolute Gasteiger partial charge is 0.433 e. The predicted molar refractivity (Wildman–Crippen MR) is 72.3 cm³/mol. The number of hydrogen-bond acceptors (Lipinski definition) is 6. The highest BCUT2D eigenvalue weighted by molar-refractivity contribution is 5.86. The van der Waals surface area contributed by atoms with Crippen LogP contribution in [0.3, 0.4) is 0 Å². The molecule has 1 aromatic heterocycles. The lowest BCUT2D eigenvalue weighted by atomic mass is 10.1. The Kier molecular flexibility index (Phi) is 4.55. The number of ether oxygens (including phenoxy) is 2. The van der Waals surface area contributed by atoms with E-state index in [0.29, 0.717) is 6.42 Å². The average molecular weight is 291 g/mol. The van der Waals surface area contributed by atoms with E-state index < -0.39 is 16.8 Å². The summed E-state index contributed by atoms with van der Waals surface area (Å²) in [6.07, 6.45) is 0.506. The highest BCUT2D eigenvalue weighted by Crippen LogP contribution is 2.17. The van der Waals surface area contributed by atoms with Gasteiger partial charge < -0.3 is 13.9 Å². The molecule has 110 valence electrons. The van der Waals surface area contributed by atoms with Gasteiger partial charge in [-0.15, -0.1) is 0 Å². The van der Waals surface area contributed by atoms with Crippen molar-refractivity contribution >= 4 is 11.9 Å². The van der Waals surface area contributed by atoms with E-state index in [-0.39, 0.29) is 12.4 Å². The second-order valence-electron chi connectivity index (χ2n) is 4.13. The van der Waals surface area contributed by atoms with E-state index in [1.54, 1.807) is 7.11 Å². The van der Waals surface area contributed by atoms with Crippen molar-refractivity contribution in [1.29, 1.82) is 0 Å². The summed E-state index contributed by atoms with van der Waals surface area (Å²) in [4.78, 5) is 21.4. The lowest BCUT2D eigenvalue weighted by Gasteiger charge is -2.05. The van der Waals surface area contributed by atoms with Crippen LogP contribution >= 0.6 is 0 Å². The van der Waals surface area contributed by atoms with Crippen LogP contribution in [0.1, 0.15) is 16.1 Å². The van der Waals surface area contributed by atoms with Crippen LogP contribution in [0.25, 0.3) is 0 Å². The van der Waals surface area contributed by atoms with Crippen LogP contribution < -0.4 is 4.74 Å². The van der Waals surface area contributed by atoms with Crippen LogP contribution in [0.2, 0.25) is 0 Å². The van der Waals surface area contributed by atoms with Crippen LogP contribution in [-0.2, 0) is 11.2 Å². The van der Waals surface area contributed by atoms with Crippen molar-refractivity contribution < 1.29 is 23.6 Å². The van der Waals surface area contributed by atoms with Crippen molar-refractivity contribution in [3.05, 3.63) is 57.8 Å². The molecule has 0 saturated heterocycles. The summed E-state index contributed by atoms with van der Waals surface area (Å²) in [6.45, 7) is 0.139. The predicted octanol–water partition coefficient (Wildman–Crippen LogP) is 2.60. The minimum atomic E-state index is -0.731. The minimum Gasteiger partial charge on any atom is -0.497 e. The van der Waals surface area contributed by atoms with Crippen LogP contribution in [0.4, 0.5) is 5.88 Å². The molecule has 21 heavy (non-hydrogen) atoms. The zero-order chi connectivity index (χ0) is 15.2. The van der Waals surface area contributed by atoms with Crippen molar-refractivity contribution in [1.82, 2.24) is 0 Å². The Hall–Kier alpha value is -2.83. The second kappa shape index (κ2) is 6.56. The normalized spacial score (nSPS) is 10.1. The van der Waals surface area contributed by atoms with Gasteiger partial charge in [0.15, 0.2) is 0 Å². The summed E-state index contributed by atoms with van der Waals surface area (Å²) in [5, 5.41) is 10.4. The summed E-state index contributed by atoms with van der Waals surface area (Å²) in [5.74, 6) is -0.687. The molecule has 0 atom stereocenters. The molecule has 0 spiro atoms. The lowest BCUT2D eigenvalue weighted by Crippen LogP contribution is -2.07. The zero-order valence-electron chi connectivity index (χ0n) is 11.3. The molecule has 2 aromatic rings. The minimum absolute atomic E-state index is 0.139. The van der Waals surface area contributed by atoms with E-state index in [9.17, 15) is 14.9 Å². The summed E-state index contributed by atoms with van der Waals surface area (Å²) in [6, 6.07) is 9.70. The standard InChI is InChI=1S/C14H13NO6/c1-19-11-4-2-3-10(9-11)7-8-20-14(16)12-5-6-13(21-12)15(17)18/h2-6,9H,7-8H2,1H3. The van der Waals surface area contributed by atoms with Gasteiger partial charge in [0, 0.05) is 6.42 Å². The first-order valence-electron chi connectivity index (χ1n) is 6.14. The number of esters is 1. The Bertz CT molecular complexity index is 648. The fourth-order valence-corrected chi connectivity index (χ4v) is 1.70. The summed E-state index contributed by atoms with van der Waals surface area (Å²) >= 11 is 0. The van der Waals surface area contributed by atoms with Crippen LogP contribution in [0.5, 0.6) is 5.75 Å². The SMILES string of the molecule is COc1cccc(CCOC(=O)c2ccc([N+](=O)[O-])o2)c1. The highest BCUT2D eigenvalue weighted by Gasteiger charge is 2.18. The third-order valence-corrected chi connectivity index (χ3v) is 2.73. The number of hydrogen-bond donors (Lipinski definition) is 0. The van der Waals surface area contributed by atoms with Gasteiger partial charge in [-0.3, -0.25) is 10.1 Å². The van der Waals surface area contributed by atoms with Gasteiger partial charge in [-0.2, -0.15) is 0 Å². The van der Waals surface area contributed by atoms with Crippen LogP contribution in [-0.4, -0.2) is 24.6 Å². The number of nitro groups is 1. The number of nitrogens with zero attached hydrogens (tertiary/aromatic N) is 1. The molecule has 7 heteroatoms. The van der Waals surface area contributed by atoms with Gasteiger partial charge in [0.25, 0.3) is 0 Å². The number of rotatable bonds is 6. The second-order valence-corrected chi connectivity index (χ2v) is 4.13. The number of benzene rings is 1. The molecule has 0 amide bonds. The molecule has 0 radical (unpaired) electrons. The van der Waals surface area contributed by atoms with E-state index in [2.05, 4.69) is 0 Å². The summed E-state index contributed by atoms with van der Waals surface area (Å²) in [7, 11) is 1.57. The molecule has 0 bridgehead atoms. The van der Waals surface area contributed by atoms with Gasteiger partial charge in [0.2, 0.25) is 5.76 Å². The van der Waals surface area contributed by atoms with Crippen molar-refractivity contribution in [2.45, 2.75) is 6.42 Å². The van der Waals surface area contributed by atoms with E-state index >= 15 is 0 Å². The van der Waals surface area contributed by atoms with E-state index in [1.165, 1.54) is 6.07 Å². The fourth-order valence-electron chi connectivity index (χ4n) is 1.70. The van der Waals surface area contributed by atoms with E-state index in [1.807, 2.05) is 24.3 Å². The van der Waals surface area contributed by atoms with Crippen molar-refractivity contribution in [2.24, 2.45) is 0 Å². The average Bonchev–Trinajstić information content (AvgIpc) is 2.97. The Morgan fingerprint density at radius 3 is 2.81 bits per heavy atom. The number of carbonyl (C=O) groups is 1. The van der Waals surface area contributed by atoms with Crippen molar-refractivity contribution in [2.75, 3.05) is 13.7 Å². The lowest BCUT2D eigenvalue weighted by molar-refractivity contribution is -0.402. The van der Waals surface area contributed by atoms with E-state index in [4.69, 9.17) is 13.9 Å². The topological polar surface area (TPSA) is 91.8 Å². The van der Waals surface area contributed by atoms with Crippen molar-refractivity contribution in [3.63, 3.8) is 0 Å². The van der Waals surface area contributed by atoms with Gasteiger partial charge in [-0.25, -0.2) is 4.79 Å². The van der Waals surface area contributed by atoms with E-state index in [0.717, 1.165) is 17.4 Å². The van der Waals surface area contributed by atoms with Crippen molar-refractivity contribution in [3.8, 4) is 5.75 Å². The molecular formula is C14H13NO6. The Morgan fingerprint density at radius 1 is 1.33 bits per heavy atom. The highest BCUT2D eigenvalue weighted by atomic mass is 16.7. The van der Waals surface area contributed by atoms with Gasteiger partial charge in [0.05, 0.1) is 19.8 Å². The Balaban J connectivity index is 1.87. The molecule has 0 fully saturated rings. The molecule has 0 saturated carbocycles. The first-order chi connectivity index (χ1) is 10.1. The molecule has 7 nitrogen and oxygen atoms in total. The zero-order valence-corrected chi connectivity index (χ0v) is 11.3. The first-order valence-corrected chi connectivity index (χ1v) is 6.14. The molecule has 2 rings (SSSR count). The first kappa shape index (κ1) is 14.6. The molecule has 1 aromatic carbocycles. The maximum atomic E-state index is 11.6. The number of methoxy groups -OCH3 is 1. The summed E-state index contributed by atoms with van der Waals surface area (Å²) in [5.41, 5.74) is 0.951. The molecule has 0 aliphatic rings. The van der Waals surface area contributed by atoms with Gasteiger partial charge in [-0.05, 0) is 23.8 Å². The third-order valence-electron chi connectivity index (χ3n) is 2.73. The Labute approximate surface area is 120 Å². The van der Waals surface area contributed by atoms with Gasteiger partial charge >= 0.3 is 11.9 Å². The molecule has 0 N–H and O–H groups in total. The number of furan rings is 1. The maximum Gasteiger partial charge on any atom is 0.433 e. The summed E-state index contributed by atoms with van der Waals surface area (Å²) < 4.78 is 14.8. The molecular weight excluding hydrogens is 278 g/mol. The maximum absolute atomic E-state index is 11.6. The quantitative estimate of drug-likeness (QED) is 0.461. The molecule has 0 unspecified atom stereocenters. The fraction of sp³-hybridized carbons (Fsp3) is 0.214. The molecule has 1 heterocycles. The largest absolute Gasteiger partial charge is 0.497 e. The van der Waals surface area contributed by atoms with Crippen LogP contribution in [0, 0.1) is 10.1 Å². The monoisotopic (exact) mass is 291 g/mol.